The van der Waals surface area contributed by atoms with Gasteiger partial charge in [0.25, 0.3) is 10.0 Å². The number of ether oxygens (including phenoxy) is 1. The molecule has 0 aliphatic heterocycles. The minimum Gasteiger partial charge on any atom is -0.497 e. The predicted octanol–water partition coefficient (Wildman–Crippen LogP) is 5.06. The summed E-state index contributed by atoms with van der Waals surface area (Å²) in [6.45, 7) is 5.62. The van der Waals surface area contributed by atoms with E-state index in [9.17, 15) is 22.4 Å². The van der Waals surface area contributed by atoms with Crippen molar-refractivity contribution in [2.24, 2.45) is 0 Å². The fourth-order valence-electron chi connectivity index (χ4n) is 4.33. The topological polar surface area (TPSA) is 96.0 Å². The number of nitrogens with one attached hydrogen (secondary N) is 1. The van der Waals surface area contributed by atoms with Crippen molar-refractivity contribution in [2.45, 2.75) is 57.5 Å². The van der Waals surface area contributed by atoms with Crippen molar-refractivity contribution in [3.63, 3.8) is 0 Å². The second kappa shape index (κ2) is 14.6. The Morgan fingerprint density at radius 3 is 2.15 bits per heavy atom. The molecule has 0 aliphatic rings. The summed E-state index contributed by atoms with van der Waals surface area (Å²) in [5.74, 6) is -0.776. The van der Waals surface area contributed by atoms with Gasteiger partial charge in [-0.05, 0) is 73.9 Å². The molecule has 0 aromatic heterocycles. The van der Waals surface area contributed by atoms with Crippen LogP contribution in [0.2, 0.25) is 0 Å². The van der Waals surface area contributed by atoms with Gasteiger partial charge < -0.3 is 15.0 Å². The quantitative estimate of drug-likeness (QED) is 0.268. The van der Waals surface area contributed by atoms with E-state index in [0.29, 0.717) is 18.7 Å². The second-order valence-corrected chi connectivity index (χ2v) is 11.6. The summed E-state index contributed by atoms with van der Waals surface area (Å²) in [6, 6.07) is 17.5. The van der Waals surface area contributed by atoms with Crippen molar-refractivity contribution in [3.05, 3.63) is 89.7 Å². The van der Waals surface area contributed by atoms with Gasteiger partial charge in [-0.3, -0.25) is 13.9 Å². The van der Waals surface area contributed by atoms with Gasteiger partial charge in [0, 0.05) is 13.1 Å². The summed E-state index contributed by atoms with van der Waals surface area (Å²) in [5, 5.41) is 2.90. The number of carbonyl (C=O) groups excluding carboxylic acids is 2. The highest BCUT2D eigenvalue weighted by molar-refractivity contribution is 7.92. The number of benzene rings is 3. The molecule has 3 rings (SSSR count). The number of anilines is 1. The SMILES string of the molecule is CCCCNC(=O)[C@H](CC)N(Cc1ccc(OC)cc1)C(=O)CN(c1ccc(F)cc1)S(=O)(=O)c1ccc(C)cc1. The molecule has 41 heavy (non-hydrogen) atoms. The van der Waals surface area contributed by atoms with Crippen molar-refractivity contribution in [2.75, 3.05) is 24.5 Å². The number of methoxy groups -OCH3 is 1. The molecule has 10 heteroatoms. The number of halogens is 1. The molecule has 3 aromatic carbocycles. The Morgan fingerprint density at radius 2 is 1.59 bits per heavy atom. The van der Waals surface area contributed by atoms with Crippen LogP contribution in [0.15, 0.2) is 77.7 Å². The highest BCUT2D eigenvalue weighted by Crippen LogP contribution is 2.25. The van der Waals surface area contributed by atoms with Crippen LogP contribution < -0.4 is 14.4 Å². The first-order valence-electron chi connectivity index (χ1n) is 13.7. The van der Waals surface area contributed by atoms with Crippen LogP contribution in [0.25, 0.3) is 0 Å². The van der Waals surface area contributed by atoms with E-state index in [1.165, 1.54) is 29.2 Å². The lowest BCUT2D eigenvalue weighted by atomic mass is 10.1. The van der Waals surface area contributed by atoms with Crippen LogP contribution in [0.5, 0.6) is 5.75 Å². The molecule has 0 bridgehead atoms. The first kappa shape index (κ1) is 31.6. The number of sulfonamides is 1. The first-order valence-corrected chi connectivity index (χ1v) is 15.1. The fraction of sp³-hybridized carbons (Fsp3) is 0.355. The third-order valence-corrected chi connectivity index (χ3v) is 8.52. The monoisotopic (exact) mass is 583 g/mol. The molecule has 1 N–H and O–H groups in total. The van der Waals surface area contributed by atoms with Gasteiger partial charge in [-0.2, -0.15) is 0 Å². The van der Waals surface area contributed by atoms with E-state index in [-0.39, 0.29) is 23.0 Å². The van der Waals surface area contributed by atoms with Crippen LogP contribution in [0.4, 0.5) is 10.1 Å². The normalized spacial score (nSPS) is 11.9. The number of rotatable bonds is 14. The number of hydrogen-bond donors (Lipinski definition) is 1. The summed E-state index contributed by atoms with van der Waals surface area (Å²) in [6.07, 6.45) is 2.01. The van der Waals surface area contributed by atoms with Gasteiger partial charge in [-0.25, -0.2) is 12.8 Å². The van der Waals surface area contributed by atoms with Crippen LogP contribution >= 0.6 is 0 Å². The van der Waals surface area contributed by atoms with Crippen molar-refractivity contribution >= 4 is 27.5 Å². The third-order valence-electron chi connectivity index (χ3n) is 6.73. The van der Waals surface area contributed by atoms with Crippen molar-refractivity contribution in [1.82, 2.24) is 10.2 Å². The van der Waals surface area contributed by atoms with Crippen LogP contribution in [-0.2, 0) is 26.2 Å². The maximum Gasteiger partial charge on any atom is 0.264 e. The number of unbranched alkanes of at least 4 members (excludes halogenated alkanes) is 1. The van der Waals surface area contributed by atoms with E-state index in [4.69, 9.17) is 4.74 Å². The van der Waals surface area contributed by atoms with Gasteiger partial charge in [0.05, 0.1) is 17.7 Å². The van der Waals surface area contributed by atoms with E-state index in [0.717, 1.165) is 40.4 Å². The lowest BCUT2D eigenvalue weighted by Gasteiger charge is -2.33. The molecule has 0 aliphatic carbocycles. The van der Waals surface area contributed by atoms with Gasteiger partial charge in [0.15, 0.2) is 0 Å². The Hall–Kier alpha value is -3.92. The maximum absolute atomic E-state index is 14.0. The van der Waals surface area contributed by atoms with E-state index in [2.05, 4.69) is 5.32 Å². The number of carbonyl (C=O) groups is 2. The van der Waals surface area contributed by atoms with E-state index in [1.807, 2.05) is 13.8 Å². The molecule has 1 atom stereocenters. The van der Waals surface area contributed by atoms with Gasteiger partial charge in [0.1, 0.15) is 24.2 Å². The number of amides is 2. The molecule has 0 fully saturated rings. The standard InChI is InChI=1S/C31H38FN3O5S/c1-5-7-20-33-31(37)29(6-2)34(21-24-10-16-27(40-4)17-11-24)30(36)22-35(26-14-12-25(32)13-15-26)41(38,39)28-18-8-23(3)9-19-28/h8-19,29H,5-7,20-22H2,1-4H3,(H,33,37)/t29-/m0/s1. The predicted molar refractivity (Wildman–Crippen MR) is 158 cm³/mol. The van der Waals surface area contributed by atoms with Crippen LogP contribution in [0.3, 0.4) is 0 Å². The molecule has 220 valence electrons. The van der Waals surface area contributed by atoms with Gasteiger partial charge in [0.2, 0.25) is 11.8 Å². The van der Waals surface area contributed by atoms with Crippen molar-refractivity contribution < 1.29 is 27.1 Å². The van der Waals surface area contributed by atoms with Crippen LogP contribution in [0.1, 0.15) is 44.2 Å². The minimum atomic E-state index is -4.22. The average molecular weight is 584 g/mol. The Kier molecular flexibility index (Phi) is 11.3. The van der Waals surface area contributed by atoms with Crippen LogP contribution in [0, 0.1) is 12.7 Å². The van der Waals surface area contributed by atoms with E-state index >= 15 is 0 Å². The number of nitrogens with zero attached hydrogens (tertiary/aromatic N) is 2. The molecular formula is C31H38FN3O5S. The van der Waals surface area contributed by atoms with Gasteiger partial charge in [-0.1, -0.05) is 50.1 Å². The zero-order chi connectivity index (χ0) is 30.0. The highest BCUT2D eigenvalue weighted by atomic mass is 32.2. The summed E-state index contributed by atoms with van der Waals surface area (Å²) in [4.78, 5) is 28.7. The summed E-state index contributed by atoms with van der Waals surface area (Å²) in [5.41, 5.74) is 1.75. The highest BCUT2D eigenvalue weighted by Gasteiger charge is 2.33. The lowest BCUT2D eigenvalue weighted by molar-refractivity contribution is -0.140. The molecule has 0 saturated heterocycles. The maximum atomic E-state index is 14.0. The smallest absolute Gasteiger partial charge is 0.264 e. The molecule has 0 radical (unpaired) electrons. The molecule has 0 heterocycles. The van der Waals surface area contributed by atoms with Gasteiger partial charge >= 0.3 is 0 Å². The zero-order valence-corrected chi connectivity index (χ0v) is 24.8. The molecule has 0 saturated carbocycles. The lowest BCUT2D eigenvalue weighted by Crippen LogP contribution is -2.52. The molecule has 3 aromatic rings. The van der Waals surface area contributed by atoms with E-state index < -0.39 is 34.3 Å². The summed E-state index contributed by atoms with van der Waals surface area (Å²) < 4.78 is 47.6. The van der Waals surface area contributed by atoms with Crippen LogP contribution in [-0.4, -0.2) is 51.4 Å². The molecule has 2 amide bonds. The second-order valence-electron chi connectivity index (χ2n) is 9.74. The first-order chi connectivity index (χ1) is 19.6. The summed E-state index contributed by atoms with van der Waals surface area (Å²) in [7, 11) is -2.67. The molecular weight excluding hydrogens is 545 g/mol. The van der Waals surface area contributed by atoms with Crippen molar-refractivity contribution in [3.8, 4) is 5.75 Å². The molecule has 0 unspecified atom stereocenters. The molecule has 8 nitrogen and oxygen atoms in total. The summed E-state index contributed by atoms with van der Waals surface area (Å²) >= 11 is 0. The van der Waals surface area contributed by atoms with Crippen molar-refractivity contribution in [1.29, 1.82) is 0 Å². The Morgan fingerprint density at radius 1 is 0.951 bits per heavy atom. The van der Waals surface area contributed by atoms with Gasteiger partial charge in [-0.15, -0.1) is 0 Å². The fourth-order valence-corrected chi connectivity index (χ4v) is 5.74. The zero-order valence-electron chi connectivity index (χ0n) is 24.0. The minimum absolute atomic E-state index is 0.00807. The Balaban J connectivity index is 2.02. The Bertz CT molecular complexity index is 1400. The largest absolute Gasteiger partial charge is 0.497 e. The third kappa shape index (κ3) is 8.29. The number of hydrogen-bond acceptors (Lipinski definition) is 5. The number of aryl methyl sites for hydroxylation is 1. The van der Waals surface area contributed by atoms with E-state index in [1.54, 1.807) is 50.4 Å². The Labute approximate surface area is 242 Å². The molecule has 0 spiro atoms. The average Bonchev–Trinajstić information content (AvgIpc) is 2.97.